The van der Waals surface area contributed by atoms with Crippen LogP contribution in [0.3, 0.4) is 0 Å². The van der Waals surface area contributed by atoms with Crippen molar-refractivity contribution in [3.63, 3.8) is 0 Å². The Morgan fingerprint density at radius 2 is 2.05 bits per heavy atom. The molecule has 2 saturated carbocycles. The van der Waals surface area contributed by atoms with E-state index in [2.05, 4.69) is 0 Å². The van der Waals surface area contributed by atoms with Gasteiger partial charge in [-0.25, -0.2) is 0 Å². The molecule has 0 spiro atoms. The van der Waals surface area contributed by atoms with Crippen LogP contribution in [0.4, 0.5) is 0 Å². The first-order valence-corrected chi connectivity index (χ1v) is 7.55. The molecule has 1 aromatic carbocycles. The number of benzene rings is 1. The summed E-state index contributed by atoms with van der Waals surface area (Å²) in [5.74, 6) is -1.39. The largest absolute Gasteiger partial charge is 0.480 e. The molecule has 0 bridgehead atoms. The van der Waals surface area contributed by atoms with Crippen LogP contribution >= 0.6 is 11.6 Å². The molecular weight excluding hydrogens is 292 g/mol. The zero-order valence-corrected chi connectivity index (χ0v) is 12.5. The molecule has 2 fully saturated rings. The van der Waals surface area contributed by atoms with E-state index in [-0.39, 0.29) is 11.9 Å². The summed E-state index contributed by atoms with van der Waals surface area (Å²) in [5.41, 5.74) is -0.0244. The van der Waals surface area contributed by atoms with E-state index < -0.39 is 11.4 Å². The molecule has 3 rings (SSSR count). The van der Waals surface area contributed by atoms with Crippen molar-refractivity contribution in [2.75, 3.05) is 0 Å². The molecule has 1 aromatic rings. The van der Waals surface area contributed by atoms with Crippen molar-refractivity contribution in [3.8, 4) is 0 Å². The van der Waals surface area contributed by atoms with E-state index in [0.717, 1.165) is 18.4 Å². The monoisotopic (exact) mass is 308 g/mol. The van der Waals surface area contributed by atoms with Crippen LogP contribution in [0, 0.1) is 5.41 Å². The predicted molar refractivity (Wildman–Crippen MR) is 77.6 cm³/mol. The van der Waals surface area contributed by atoms with Gasteiger partial charge in [0.25, 0.3) is 0 Å². The number of halogens is 1. The quantitative estimate of drug-likeness (QED) is 0.644. The van der Waals surface area contributed by atoms with Gasteiger partial charge < -0.3 is 9.84 Å². The standard InChI is InChI=1S/C16H17ClO4/c1-9(21-11-3-4-11)12-5-2-10(8-13(12)17)14(18)16(6-7-16)15(19)20/h2,5,8-9,11H,3-4,6-7H2,1H3,(H,19,20). The summed E-state index contributed by atoms with van der Waals surface area (Å²) in [7, 11) is 0. The number of ketones is 1. The molecule has 1 atom stereocenters. The Labute approximate surface area is 128 Å². The number of carboxylic acid groups (broad SMARTS) is 1. The van der Waals surface area contributed by atoms with Gasteiger partial charge in [0.2, 0.25) is 0 Å². The van der Waals surface area contributed by atoms with Crippen LogP contribution in [0.5, 0.6) is 0 Å². The molecular formula is C16H17ClO4. The lowest BCUT2D eigenvalue weighted by Crippen LogP contribution is -2.25. The maximum atomic E-state index is 12.3. The molecule has 0 amide bonds. The normalized spacial score (nSPS) is 20.9. The number of hydrogen-bond donors (Lipinski definition) is 1. The maximum Gasteiger partial charge on any atom is 0.317 e. The Morgan fingerprint density at radius 3 is 2.52 bits per heavy atom. The summed E-state index contributed by atoms with van der Waals surface area (Å²) >= 11 is 6.24. The van der Waals surface area contributed by atoms with Crippen molar-refractivity contribution < 1.29 is 19.4 Å². The van der Waals surface area contributed by atoms with Gasteiger partial charge in [-0.2, -0.15) is 0 Å². The fourth-order valence-corrected chi connectivity index (χ4v) is 2.84. The summed E-state index contributed by atoms with van der Waals surface area (Å²) in [6.07, 6.45) is 3.17. The lowest BCUT2D eigenvalue weighted by molar-refractivity contribution is -0.141. The van der Waals surface area contributed by atoms with Gasteiger partial charge in [-0.1, -0.05) is 23.7 Å². The van der Waals surface area contributed by atoms with E-state index in [9.17, 15) is 14.7 Å². The number of carboxylic acids is 1. The zero-order valence-electron chi connectivity index (χ0n) is 11.8. The van der Waals surface area contributed by atoms with E-state index >= 15 is 0 Å². The summed E-state index contributed by atoms with van der Waals surface area (Å²) < 4.78 is 5.78. The molecule has 112 valence electrons. The first-order chi connectivity index (χ1) is 9.94. The third kappa shape index (κ3) is 2.70. The average Bonchev–Trinajstić information content (AvgIpc) is 3.31. The van der Waals surface area contributed by atoms with E-state index in [4.69, 9.17) is 16.3 Å². The minimum Gasteiger partial charge on any atom is -0.480 e. The number of Topliss-reactive ketones (excluding diaryl/α,β-unsaturated/α-hetero) is 1. The molecule has 5 heteroatoms. The van der Waals surface area contributed by atoms with Crippen LogP contribution in [0.15, 0.2) is 18.2 Å². The van der Waals surface area contributed by atoms with Crippen LogP contribution in [0.25, 0.3) is 0 Å². The Morgan fingerprint density at radius 1 is 1.38 bits per heavy atom. The molecule has 0 radical (unpaired) electrons. The van der Waals surface area contributed by atoms with Crippen LogP contribution < -0.4 is 0 Å². The van der Waals surface area contributed by atoms with Crippen molar-refractivity contribution in [3.05, 3.63) is 34.3 Å². The predicted octanol–water partition coefficient (Wildman–Crippen LogP) is 3.63. The third-order valence-electron chi connectivity index (χ3n) is 4.22. The van der Waals surface area contributed by atoms with Crippen LogP contribution in [-0.4, -0.2) is 23.0 Å². The van der Waals surface area contributed by atoms with Crippen molar-refractivity contribution in [2.45, 2.75) is 44.8 Å². The smallest absolute Gasteiger partial charge is 0.317 e. The van der Waals surface area contributed by atoms with E-state index in [1.807, 2.05) is 6.92 Å². The molecule has 0 saturated heterocycles. The first-order valence-electron chi connectivity index (χ1n) is 7.17. The molecule has 2 aliphatic carbocycles. The molecule has 1 unspecified atom stereocenters. The lowest BCUT2D eigenvalue weighted by atomic mass is 9.94. The molecule has 0 heterocycles. The van der Waals surface area contributed by atoms with Gasteiger partial charge in [0.15, 0.2) is 5.78 Å². The second kappa shape index (κ2) is 5.11. The molecule has 2 aliphatic rings. The number of carbonyl (C=O) groups excluding carboxylic acids is 1. The second-order valence-electron chi connectivity index (χ2n) is 5.93. The van der Waals surface area contributed by atoms with Crippen LogP contribution in [0.1, 0.15) is 54.6 Å². The number of carbonyl (C=O) groups is 2. The molecule has 4 nitrogen and oxygen atoms in total. The van der Waals surface area contributed by atoms with Crippen molar-refractivity contribution in [1.29, 1.82) is 0 Å². The Bertz CT molecular complexity index is 602. The second-order valence-corrected chi connectivity index (χ2v) is 6.34. The number of ether oxygens (including phenoxy) is 1. The molecule has 1 N–H and O–H groups in total. The zero-order chi connectivity index (χ0) is 15.2. The fraction of sp³-hybridized carbons (Fsp3) is 0.500. The van der Waals surface area contributed by atoms with Gasteiger partial charge in [0.1, 0.15) is 5.41 Å². The van der Waals surface area contributed by atoms with Crippen LogP contribution in [-0.2, 0) is 9.53 Å². The third-order valence-corrected chi connectivity index (χ3v) is 4.54. The van der Waals surface area contributed by atoms with Crippen LogP contribution in [0.2, 0.25) is 5.02 Å². The topological polar surface area (TPSA) is 63.6 Å². The minimum absolute atomic E-state index is 0.122. The van der Waals surface area contributed by atoms with Gasteiger partial charge in [-0.3, -0.25) is 9.59 Å². The highest BCUT2D eigenvalue weighted by Crippen LogP contribution is 2.48. The first kappa shape index (κ1) is 14.5. The number of rotatable bonds is 6. The SMILES string of the molecule is CC(OC1CC1)c1ccc(C(=O)C2(C(=O)O)CC2)cc1Cl. The van der Waals surface area contributed by atoms with Gasteiger partial charge in [0.05, 0.1) is 12.2 Å². The summed E-state index contributed by atoms with van der Waals surface area (Å²) in [6, 6.07) is 4.98. The summed E-state index contributed by atoms with van der Waals surface area (Å²) in [6.45, 7) is 1.93. The van der Waals surface area contributed by atoms with Gasteiger partial charge in [0, 0.05) is 10.6 Å². The average molecular weight is 309 g/mol. The van der Waals surface area contributed by atoms with E-state index in [1.54, 1.807) is 18.2 Å². The summed E-state index contributed by atoms with van der Waals surface area (Å²) in [4.78, 5) is 23.5. The van der Waals surface area contributed by atoms with Gasteiger partial charge in [-0.05, 0) is 44.2 Å². The Balaban J connectivity index is 1.80. The highest BCUT2D eigenvalue weighted by atomic mass is 35.5. The molecule has 0 aromatic heterocycles. The molecule has 21 heavy (non-hydrogen) atoms. The molecule has 0 aliphatic heterocycles. The van der Waals surface area contributed by atoms with E-state index in [1.165, 1.54) is 0 Å². The fourth-order valence-electron chi connectivity index (χ4n) is 2.50. The maximum absolute atomic E-state index is 12.3. The van der Waals surface area contributed by atoms with Crippen molar-refractivity contribution >= 4 is 23.4 Å². The van der Waals surface area contributed by atoms with E-state index in [0.29, 0.717) is 29.5 Å². The highest BCUT2D eigenvalue weighted by molar-refractivity contribution is 6.32. The van der Waals surface area contributed by atoms with Crippen molar-refractivity contribution in [2.24, 2.45) is 5.41 Å². The lowest BCUT2D eigenvalue weighted by Gasteiger charge is -2.16. The minimum atomic E-state index is -1.22. The van der Waals surface area contributed by atoms with Gasteiger partial charge >= 0.3 is 5.97 Å². The number of hydrogen-bond acceptors (Lipinski definition) is 3. The Hall–Kier alpha value is -1.39. The van der Waals surface area contributed by atoms with Crippen molar-refractivity contribution in [1.82, 2.24) is 0 Å². The Kier molecular flexibility index (Phi) is 3.54. The highest BCUT2D eigenvalue weighted by Gasteiger charge is 2.56. The van der Waals surface area contributed by atoms with Gasteiger partial charge in [-0.15, -0.1) is 0 Å². The number of aliphatic carboxylic acids is 1. The summed E-state index contributed by atoms with van der Waals surface area (Å²) in [5, 5.41) is 9.63.